The molecule has 0 aromatic heterocycles. The van der Waals surface area contributed by atoms with Crippen LogP contribution in [0.4, 0.5) is 18.9 Å². The standard InChI is InChI=1S/C48H33Cl2F3N4O7/c49-35-14-5-27(15-36(35)50)24-63-34-12-10-30(11-13-34)44-46(59)55-39-17-31-18-41(57(23-32(31)19-42(39)64-44)47(60)43-37(52)20-33(51)21-38(43)53)45(58)56-40(48(61)62)16-25-1-6-28(7-2-25)29-8-3-26(22-54)4-9-29/h1-15,17,19-21,40-41,44H,16,18,23-24H2,(H,55,59)(H,56,58)(H,61,62)/t40-,41-,44?/m0/s1. The molecule has 6 aromatic rings. The van der Waals surface area contributed by atoms with Gasteiger partial charge in [-0.25, -0.2) is 18.0 Å². The van der Waals surface area contributed by atoms with Gasteiger partial charge < -0.3 is 30.1 Å². The molecule has 0 fully saturated rings. The molecule has 2 heterocycles. The van der Waals surface area contributed by atoms with Crippen molar-refractivity contribution >= 4 is 52.6 Å². The molecule has 0 aliphatic carbocycles. The molecular formula is C48H33Cl2F3N4O7. The number of anilines is 1. The van der Waals surface area contributed by atoms with Gasteiger partial charge in [-0.15, -0.1) is 0 Å². The number of hydrogen-bond acceptors (Lipinski definition) is 7. The van der Waals surface area contributed by atoms with Gasteiger partial charge in [0.25, 0.3) is 11.8 Å². The van der Waals surface area contributed by atoms with Crippen molar-refractivity contribution in [3.05, 3.63) is 182 Å². The zero-order valence-corrected chi connectivity index (χ0v) is 34.7. The van der Waals surface area contributed by atoms with Crippen molar-refractivity contribution in [1.82, 2.24) is 10.2 Å². The summed E-state index contributed by atoms with van der Waals surface area (Å²) < 4.78 is 56.2. The molecule has 3 atom stereocenters. The van der Waals surface area contributed by atoms with Crippen LogP contribution in [-0.2, 0) is 40.4 Å². The van der Waals surface area contributed by atoms with Gasteiger partial charge in [-0.2, -0.15) is 5.26 Å². The minimum absolute atomic E-state index is 0.167. The Morgan fingerprint density at radius 1 is 0.859 bits per heavy atom. The molecule has 0 radical (unpaired) electrons. The lowest BCUT2D eigenvalue weighted by Gasteiger charge is -2.37. The van der Waals surface area contributed by atoms with Crippen LogP contribution in [0.1, 0.15) is 49.8 Å². The lowest BCUT2D eigenvalue weighted by atomic mass is 9.91. The van der Waals surface area contributed by atoms with Gasteiger partial charge in [0.2, 0.25) is 12.0 Å². The zero-order chi connectivity index (χ0) is 45.2. The molecule has 3 amide bonds. The van der Waals surface area contributed by atoms with Crippen LogP contribution in [-0.4, -0.2) is 45.8 Å². The summed E-state index contributed by atoms with van der Waals surface area (Å²) in [6.45, 7) is -0.202. The first-order valence-electron chi connectivity index (χ1n) is 19.6. The fraction of sp³-hybridized carbons (Fsp3) is 0.146. The van der Waals surface area contributed by atoms with Crippen molar-refractivity contribution in [2.45, 2.75) is 44.2 Å². The average molecular weight is 906 g/mol. The number of carbonyl (C=O) groups excluding carboxylic acids is 3. The van der Waals surface area contributed by atoms with Crippen LogP contribution in [0.3, 0.4) is 0 Å². The van der Waals surface area contributed by atoms with Crippen molar-refractivity contribution in [1.29, 1.82) is 5.26 Å². The number of nitrogens with zero attached hydrogens (tertiary/aromatic N) is 2. The van der Waals surface area contributed by atoms with Crippen LogP contribution >= 0.6 is 23.2 Å². The van der Waals surface area contributed by atoms with Crippen LogP contribution in [0.15, 0.2) is 115 Å². The third-order valence-corrected chi connectivity index (χ3v) is 11.6. The number of nitriles is 1. The molecule has 0 spiro atoms. The van der Waals surface area contributed by atoms with Crippen LogP contribution in [0, 0.1) is 28.8 Å². The van der Waals surface area contributed by atoms with Gasteiger partial charge in [0.1, 0.15) is 53.2 Å². The monoisotopic (exact) mass is 904 g/mol. The van der Waals surface area contributed by atoms with Gasteiger partial charge in [-0.05, 0) is 81.9 Å². The largest absolute Gasteiger partial charge is 0.489 e. The second kappa shape index (κ2) is 18.2. The number of rotatable bonds is 11. The number of benzene rings is 6. The second-order valence-corrected chi connectivity index (χ2v) is 15.9. The number of ether oxygens (including phenoxy) is 2. The normalized spacial score (nSPS) is 15.7. The Labute approximate surface area is 373 Å². The van der Waals surface area contributed by atoms with E-state index in [1.54, 1.807) is 103 Å². The number of halogens is 5. The van der Waals surface area contributed by atoms with Gasteiger partial charge in [0.15, 0.2) is 0 Å². The Hall–Kier alpha value is -7.34. The maximum absolute atomic E-state index is 15.1. The summed E-state index contributed by atoms with van der Waals surface area (Å²) in [5.41, 5.74) is 3.95. The Balaban J connectivity index is 1.02. The molecule has 0 saturated heterocycles. The lowest BCUT2D eigenvalue weighted by Crippen LogP contribution is -2.56. The number of carboxylic acids is 1. The van der Waals surface area contributed by atoms with E-state index in [1.807, 2.05) is 0 Å². The molecule has 8 rings (SSSR count). The Morgan fingerprint density at radius 2 is 1.52 bits per heavy atom. The van der Waals surface area contributed by atoms with E-state index in [0.717, 1.165) is 21.6 Å². The Morgan fingerprint density at radius 3 is 2.16 bits per heavy atom. The summed E-state index contributed by atoms with van der Waals surface area (Å²) in [5, 5.41) is 25.4. The van der Waals surface area contributed by atoms with E-state index in [0.29, 0.717) is 55.7 Å². The molecule has 2 aliphatic rings. The van der Waals surface area contributed by atoms with Gasteiger partial charge in [0, 0.05) is 37.1 Å². The van der Waals surface area contributed by atoms with E-state index in [2.05, 4.69) is 16.7 Å². The maximum Gasteiger partial charge on any atom is 0.326 e. The molecule has 3 N–H and O–H groups in total. The van der Waals surface area contributed by atoms with Crippen LogP contribution in [0.25, 0.3) is 11.1 Å². The summed E-state index contributed by atoms with van der Waals surface area (Å²) in [7, 11) is 0. The highest BCUT2D eigenvalue weighted by Crippen LogP contribution is 2.40. The van der Waals surface area contributed by atoms with Gasteiger partial charge in [0.05, 0.1) is 27.4 Å². The molecule has 0 saturated carbocycles. The molecule has 11 nitrogen and oxygen atoms in total. The highest BCUT2D eigenvalue weighted by atomic mass is 35.5. The highest BCUT2D eigenvalue weighted by molar-refractivity contribution is 6.42. The maximum atomic E-state index is 15.1. The smallest absolute Gasteiger partial charge is 0.326 e. The van der Waals surface area contributed by atoms with E-state index in [1.165, 1.54) is 0 Å². The topological polar surface area (TPSA) is 158 Å². The predicted molar refractivity (Wildman–Crippen MR) is 229 cm³/mol. The van der Waals surface area contributed by atoms with Crippen LogP contribution in [0.2, 0.25) is 10.0 Å². The highest BCUT2D eigenvalue weighted by Gasteiger charge is 2.40. The molecule has 64 heavy (non-hydrogen) atoms. The summed E-state index contributed by atoms with van der Waals surface area (Å²) >= 11 is 12.1. The van der Waals surface area contributed by atoms with Crippen molar-refractivity contribution in [2.24, 2.45) is 0 Å². The minimum atomic E-state index is -1.51. The molecule has 1 unspecified atom stereocenters. The number of aliphatic carboxylic acids is 1. The first-order chi connectivity index (χ1) is 30.7. The molecule has 0 bridgehead atoms. The SMILES string of the molecule is N#Cc1ccc(-c2ccc(C[C@H](NC(=O)[C@@H]3Cc4cc5c(cc4CN3C(=O)c3c(F)cc(F)cc3F)OC(c3ccc(OCc4ccc(Cl)c(Cl)c4)cc3)C(=O)N5)C(=O)O)cc2)cc1. The summed E-state index contributed by atoms with van der Waals surface area (Å²) in [4.78, 5) is 55.0. The van der Waals surface area contributed by atoms with E-state index in [-0.39, 0.29) is 30.9 Å². The summed E-state index contributed by atoms with van der Waals surface area (Å²) in [6.07, 6.45) is -1.55. The van der Waals surface area contributed by atoms with Crippen LogP contribution in [0.5, 0.6) is 11.5 Å². The quantitative estimate of drug-likeness (QED) is 0.116. The first-order valence-corrected chi connectivity index (χ1v) is 20.4. The summed E-state index contributed by atoms with van der Waals surface area (Å²) in [6, 6.07) is 28.4. The average Bonchev–Trinajstić information content (AvgIpc) is 3.28. The number of nitrogens with one attached hydrogen (secondary N) is 2. The van der Waals surface area contributed by atoms with Crippen molar-refractivity contribution < 1.29 is 46.9 Å². The summed E-state index contributed by atoms with van der Waals surface area (Å²) in [5.74, 6) is -7.65. The molecule has 2 aliphatic heterocycles. The molecular weight excluding hydrogens is 872 g/mol. The van der Waals surface area contributed by atoms with Crippen molar-refractivity contribution in [3.63, 3.8) is 0 Å². The third-order valence-electron chi connectivity index (χ3n) is 10.9. The van der Waals surface area contributed by atoms with E-state index >= 15 is 8.78 Å². The number of amides is 3. The zero-order valence-electron chi connectivity index (χ0n) is 33.2. The van der Waals surface area contributed by atoms with Crippen molar-refractivity contribution in [2.75, 3.05) is 5.32 Å². The first kappa shape index (κ1) is 43.3. The van der Waals surface area contributed by atoms with Gasteiger partial charge in [-0.1, -0.05) is 77.8 Å². The molecule has 16 heteroatoms. The number of fused-ring (bicyclic) bond motifs is 2. The number of carboxylic acid groups (broad SMARTS) is 1. The van der Waals surface area contributed by atoms with Gasteiger partial charge in [-0.3, -0.25) is 14.4 Å². The Kier molecular flexibility index (Phi) is 12.3. The fourth-order valence-corrected chi connectivity index (χ4v) is 7.88. The van der Waals surface area contributed by atoms with Crippen molar-refractivity contribution in [3.8, 4) is 28.7 Å². The molecule has 322 valence electrons. The van der Waals surface area contributed by atoms with E-state index < -0.39 is 71.4 Å². The van der Waals surface area contributed by atoms with E-state index in [4.69, 9.17) is 37.9 Å². The van der Waals surface area contributed by atoms with E-state index in [9.17, 15) is 28.7 Å². The predicted octanol–water partition coefficient (Wildman–Crippen LogP) is 8.98. The number of hydrogen-bond donors (Lipinski definition) is 3. The van der Waals surface area contributed by atoms with Gasteiger partial charge >= 0.3 is 5.97 Å². The second-order valence-electron chi connectivity index (χ2n) is 15.1. The third kappa shape index (κ3) is 9.22. The van der Waals surface area contributed by atoms with Crippen LogP contribution < -0.4 is 20.1 Å². The minimum Gasteiger partial charge on any atom is -0.489 e. The lowest BCUT2D eigenvalue weighted by molar-refractivity contribution is -0.142. The number of carbonyl (C=O) groups is 4. The fourth-order valence-electron chi connectivity index (χ4n) is 7.56. The molecule has 6 aromatic carbocycles. The Bertz CT molecular complexity index is 2850.